The third-order valence-corrected chi connectivity index (χ3v) is 2.77. The van der Waals surface area contributed by atoms with E-state index in [0.717, 1.165) is 0 Å². The Labute approximate surface area is 115 Å². The molecule has 2 rings (SSSR count). The van der Waals surface area contributed by atoms with Gasteiger partial charge in [0.2, 0.25) is 0 Å². The van der Waals surface area contributed by atoms with E-state index in [2.05, 4.69) is 4.98 Å². The van der Waals surface area contributed by atoms with Gasteiger partial charge in [0.1, 0.15) is 23.3 Å². The molecular formula is C14H11N3O3. The maximum absolute atomic E-state index is 10.8. The topological polar surface area (TPSA) is 89.0 Å². The van der Waals surface area contributed by atoms with E-state index in [0.29, 0.717) is 28.3 Å². The lowest BCUT2D eigenvalue weighted by Gasteiger charge is -2.09. The molecule has 0 spiro atoms. The van der Waals surface area contributed by atoms with Crippen molar-refractivity contribution in [1.29, 1.82) is 5.26 Å². The van der Waals surface area contributed by atoms with Crippen LogP contribution in [0.1, 0.15) is 16.8 Å². The number of rotatable bonds is 3. The molecule has 0 atom stereocenters. The quantitative estimate of drug-likeness (QED) is 0.630. The molecule has 1 aromatic heterocycles. The predicted molar refractivity (Wildman–Crippen MR) is 71.6 cm³/mol. The zero-order chi connectivity index (χ0) is 14.7. The Morgan fingerprint density at radius 3 is 2.60 bits per heavy atom. The minimum Gasteiger partial charge on any atom is -0.455 e. The van der Waals surface area contributed by atoms with Gasteiger partial charge in [-0.1, -0.05) is 0 Å². The fourth-order valence-corrected chi connectivity index (χ4v) is 1.71. The smallest absolute Gasteiger partial charge is 0.272 e. The van der Waals surface area contributed by atoms with Gasteiger partial charge in [-0.25, -0.2) is 4.98 Å². The molecular weight excluding hydrogens is 258 g/mol. The molecule has 0 aliphatic rings. The van der Waals surface area contributed by atoms with E-state index >= 15 is 0 Å². The Balaban J connectivity index is 2.31. The minimum absolute atomic E-state index is 0.0628. The van der Waals surface area contributed by atoms with E-state index in [1.54, 1.807) is 32.0 Å². The molecule has 6 nitrogen and oxygen atoms in total. The van der Waals surface area contributed by atoms with Crippen molar-refractivity contribution in [3.05, 3.63) is 57.4 Å². The van der Waals surface area contributed by atoms with Crippen molar-refractivity contribution in [1.82, 2.24) is 4.98 Å². The van der Waals surface area contributed by atoms with E-state index in [9.17, 15) is 10.1 Å². The fraction of sp³-hybridized carbons (Fsp3) is 0.143. The molecule has 0 radical (unpaired) electrons. The van der Waals surface area contributed by atoms with Crippen molar-refractivity contribution in [3.8, 4) is 17.6 Å². The monoisotopic (exact) mass is 269 g/mol. The summed E-state index contributed by atoms with van der Waals surface area (Å²) in [5, 5.41) is 19.5. The lowest BCUT2D eigenvalue weighted by molar-refractivity contribution is -0.385. The molecule has 0 fully saturated rings. The minimum atomic E-state index is -0.421. The standard InChI is InChI=1S/C14H11N3O3/c1-9-6-14(10(2)5-13(9)17(18)19)20-12-4-3-11(7-15)16-8-12/h3-6,8H,1-2H3. The van der Waals surface area contributed by atoms with Gasteiger partial charge in [0.25, 0.3) is 5.69 Å². The fourth-order valence-electron chi connectivity index (χ4n) is 1.71. The van der Waals surface area contributed by atoms with Crippen LogP contribution in [0, 0.1) is 35.3 Å². The van der Waals surface area contributed by atoms with Gasteiger partial charge in [-0.2, -0.15) is 5.26 Å². The molecule has 0 amide bonds. The number of nitro benzene ring substituents is 1. The summed E-state index contributed by atoms with van der Waals surface area (Å²) in [6, 6.07) is 8.18. The van der Waals surface area contributed by atoms with Crippen molar-refractivity contribution < 1.29 is 9.66 Å². The average Bonchev–Trinajstić information content (AvgIpc) is 2.43. The van der Waals surface area contributed by atoms with Gasteiger partial charge >= 0.3 is 0 Å². The van der Waals surface area contributed by atoms with Crippen LogP contribution in [-0.4, -0.2) is 9.91 Å². The van der Waals surface area contributed by atoms with Crippen LogP contribution in [0.25, 0.3) is 0 Å². The third kappa shape index (κ3) is 2.72. The summed E-state index contributed by atoms with van der Waals surface area (Å²) in [4.78, 5) is 14.3. The van der Waals surface area contributed by atoms with Crippen molar-refractivity contribution in [2.75, 3.05) is 0 Å². The van der Waals surface area contributed by atoms with Gasteiger partial charge < -0.3 is 4.74 Å². The second-order valence-corrected chi connectivity index (χ2v) is 4.25. The van der Waals surface area contributed by atoms with E-state index in [1.807, 2.05) is 6.07 Å². The number of nitriles is 1. The van der Waals surface area contributed by atoms with Crippen LogP contribution in [-0.2, 0) is 0 Å². The average molecular weight is 269 g/mol. The Kier molecular flexibility index (Phi) is 3.62. The molecule has 6 heteroatoms. The largest absolute Gasteiger partial charge is 0.455 e. The molecule has 20 heavy (non-hydrogen) atoms. The summed E-state index contributed by atoms with van der Waals surface area (Å²) in [5.74, 6) is 1.000. The van der Waals surface area contributed by atoms with Crippen molar-refractivity contribution >= 4 is 5.69 Å². The van der Waals surface area contributed by atoms with Crippen LogP contribution >= 0.6 is 0 Å². The number of pyridine rings is 1. The summed E-state index contributed by atoms with van der Waals surface area (Å²) in [5.41, 5.74) is 1.55. The number of nitro groups is 1. The highest BCUT2D eigenvalue weighted by Crippen LogP contribution is 2.30. The summed E-state index contributed by atoms with van der Waals surface area (Å²) in [6.07, 6.45) is 1.44. The number of hydrogen-bond acceptors (Lipinski definition) is 5. The molecule has 100 valence electrons. The number of benzene rings is 1. The van der Waals surface area contributed by atoms with Crippen LogP contribution in [0.15, 0.2) is 30.5 Å². The number of aryl methyl sites for hydroxylation is 2. The first-order valence-electron chi connectivity index (χ1n) is 5.81. The Bertz CT molecular complexity index is 703. The number of aromatic nitrogens is 1. The molecule has 0 aliphatic heterocycles. The molecule has 0 saturated heterocycles. The van der Waals surface area contributed by atoms with Crippen LogP contribution < -0.4 is 4.74 Å². The molecule has 1 heterocycles. The van der Waals surface area contributed by atoms with Gasteiger partial charge in [0.15, 0.2) is 0 Å². The highest BCUT2D eigenvalue weighted by molar-refractivity contribution is 5.50. The van der Waals surface area contributed by atoms with Crippen LogP contribution in [0.4, 0.5) is 5.69 Å². The van der Waals surface area contributed by atoms with Crippen LogP contribution in [0.3, 0.4) is 0 Å². The van der Waals surface area contributed by atoms with E-state index in [1.165, 1.54) is 12.3 Å². The van der Waals surface area contributed by atoms with Gasteiger partial charge in [-0.05, 0) is 37.6 Å². The van der Waals surface area contributed by atoms with Crippen molar-refractivity contribution in [2.24, 2.45) is 0 Å². The van der Waals surface area contributed by atoms with E-state index < -0.39 is 4.92 Å². The normalized spacial score (nSPS) is 9.85. The SMILES string of the molecule is Cc1cc([N+](=O)[O-])c(C)cc1Oc1ccc(C#N)nc1. The zero-order valence-corrected chi connectivity index (χ0v) is 11.0. The summed E-state index contributed by atoms with van der Waals surface area (Å²) >= 11 is 0. The number of ether oxygens (including phenoxy) is 1. The molecule has 0 saturated carbocycles. The van der Waals surface area contributed by atoms with Crippen molar-refractivity contribution in [3.63, 3.8) is 0 Å². The first kappa shape index (κ1) is 13.5. The van der Waals surface area contributed by atoms with Gasteiger partial charge in [-0.15, -0.1) is 0 Å². The van der Waals surface area contributed by atoms with E-state index in [-0.39, 0.29) is 5.69 Å². The predicted octanol–water partition coefficient (Wildman–Crippen LogP) is 3.27. The van der Waals surface area contributed by atoms with Gasteiger partial charge in [0, 0.05) is 11.6 Å². The number of nitrogens with zero attached hydrogens (tertiary/aromatic N) is 3. The second-order valence-electron chi connectivity index (χ2n) is 4.25. The summed E-state index contributed by atoms with van der Waals surface area (Å²) in [6.45, 7) is 3.39. The first-order valence-corrected chi connectivity index (χ1v) is 5.81. The molecule has 0 N–H and O–H groups in total. The molecule has 0 unspecified atom stereocenters. The molecule has 1 aromatic carbocycles. The molecule has 0 aliphatic carbocycles. The maximum Gasteiger partial charge on any atom is 0.272 e. The first-order chi connectivity index (χ1) is 9.51. The van der Waals surface area contributed by atoms with Gasteiger partial charge in [-0.3, -0.25) is 10.1 Å². The maximum atomic E-state index is 10.8. The Morgan fingerprint density at radius 1 is 1.30 bits per heavy atom. The highest BCUT2D eigenvalue weighted by atomic mass is 16.6. The lowest BCUT2D eigenvalue weighted by Crippen LogP contribution is -1.95. The van der Waals surface area contributed by atoms with Crippen LogP contribution in [0.2, 0.25) is 0 Å². The second kappa shape index (κ2) is 5.36. The number of hydrogen-bond donors (Lipinski definition) is 0. The molecule has 2 aromatic rings. The van der Waals surface area contributed by atoms with Crippen molar-refractivity contribution in [2.45, 2.75) is 13.8 Å². The Morgan fingerprint density at radius 2 is 2.05 bits per heavy atom. The van der Waals surface area contributed by atoms with E-state index in [4.69, 9.17) is 10.00 Å². The third-order valence-electron chi connectivity index (χ3n) is 2.77. The summed E-state index contributed by atoms with van der Waals surface area (Å²) < 4.78 is 5.63. The highest BCUT2D eigenvalue weighted by Gasteiger charge is 2.14. The molecule has 0 bridgehead atoms. The van der Waals surface area contributed by atoms with Crippen LogP contribution in [0.5, 0.6) is 11.5 Å². The van der Waals surface area contributed by atoms with Gasteiger partial charge in [0.05, 0.1) is 11.1 Å². The Hall–Kier alpha value is -2.94. The zero-order valence-electron chi connectivity index (χ0n) is 11.0. The summed E-state index contributed by atoms with van der Waals surface area (Å²) in [7, 11) is 0. The lowest BCUT2D eigenvalue weighted by atomic mass is 10.1.